The Balaban J connectivity index is 1.67. The molecule has 1 saturated heterocycles. The van der Waals surface area contributed by atoms with Gasteiger partial charge in [0.05, 0.1) is 0 Å². The Morgan fingerprint density at radius 1 is 0.953 bits per heavy atom. The topological polar surface area (TPSA) is 162 Å². The first-order chi connectivity index (χ1) is 20.6. The van der Waals surface area contributed by atoms with Gasteiger partial charge in [0.25, 0.3) is 23.6 Å². The fraction of sp³-hybridized carbons (Fsp3) is 0.167. The molecule has 3 aromatic carbocycles. The largest absolute Gasteiger partial charge is 0.484 e. The molecule has 0 spiro atoms. The maximum absolute atomic E-state index is 14.2. The van der Waals surface area contributed by atoms with Gasteiger partial charge in [-0.1, -0.05) is 61.2 Å². The number of ether oxygens (including phenoxy) is 1. The average molecular weight is 605 g/mol. The van der Waals surface area contributed by atoms with E-state index in [1.54, 1.807) is 66.7 Å². The van der Waals surface area contributed by atoms with Gasteiger partial charge >= 0.3 is 5.97 Å². The van der Waals surface area contributed by atoms with Crippen molar-refractivity contribution in [1.82, 2.24) is 20.1 Å². The zero-order valence-corrected chi connectivity index (χ0v) is 23.7. The molecule has 1 heterocycles. The highest BCUT2D eigenvalue weighted by Crippen LogP contribution is 2.30. The van der Waals surface area contributed by atoms with Crippen LogP contribution < -0.4 is 15.5 Å². The van der Waals surface area contributed by atoms with E-state index >= 15 is 0 Å². The van der Waals surface area contributed by atoms with E-state index in [4.69, 9.17) is 4.74 Å². The van der Waals surface area contributed by atoms with Crippen LogP contribution >= 0.6 is 0 Å². The van der Waals surface area contributed by atoms with E-state index in [2.05, 4.69) is 17.3 Å². The molecule has 222 valence electrons. The number of rotatable bonds is 11. The second-order valence-corrected chi connectivity index (χ2v) is 10.8. The Hall–Kier alpha value is -5.30. The zero-order valence-electron chi connectivity index (χ0n) is 22.9. The summed E-state index contributed by atoms with van der Waals surface area (Å²) in [6.45, 7) is 4.51. The van der Waals surface area contributed by atoms with Gasteiger partial charge in [0, 0.05) is 11.1 Å². The monoisotopic (exact) mass is 604 g/mol. The van der Waals surface area contributed by atoms with Crippen molar-refractivity contribution in [3.63, 3.8) is 0 Å². The number of amides is 4. The Kier molecular flexibility index (Phi) is 9.68. The third-order valence-electron chi connectivity index (χ3n) is 6.32. The van der Waals surface area contributed by atoms with Crippen LogP contribution in [0, 0.1) is 0 Å². The Labute approximate surface area is 249 Å². The van der Waals surface area contributed by atoms with E-state index in [0.717, 1.165) is 4.90 Å². The van der Waals surface area contributed by atoms with E-state index in [0.29, 0.717) is 10.2 Å². The number of carbonyl (C=O) groups is 5. The molecule has 4 rings (SSSR count). The first kappa shape index (κ1) is 30.7. The molecule has 12 nitrogen and oxygen atoms in total. The Morgan fingerprint density at radius 3 is 2.02 bits per heavy atom. The van der Waals surface area contributed by atoms with Crippen LogP contribution in [0.25, 0.3) is 0 Å². The van der Waals surface area contributed by atoms with Crippen LogP contribution in [0.5, 0.6) is 5.75 Å². The van der Waals surface area contributed by atoms with Crippen molar-refractivity contribution in [3.05, 3.63) is 114 Å². The highest BCUT2D eigenvalue weighted by Gasteiger charge is 2.58. The van der Waals surface area contributed by atoms with E-state index in [1.807, 2.05) is 0 Å². The van der Waals surface area contributed by atoms with E-state index in [-0.39, 0.29) is 16.7 Å². The van der Waals surface area contributed by atoms with Crippen LogP contribution in [-0.2, 0) is 25.4 Å². The predicted octanol–water partition coefficient (Wildman–Crippen LogP) is 1.90. The van der Waals surface area contributed by atoms with Gasteiger partial charge in [-0.05, 0) is 48.9 Å². The maximum Gasteiger partial charge on any atom is 0.330 e. The summed E-state index contributed by atoms with van der Waals surface area (Å²) in [5.74, 6) is -4.40. The quantitative estimate of drug-likeness (QED) is 0.170. The maximum atomic E-state index is 14.2. The molecule has 4 atom stereocenters. The fourth-order valence-electron chi connectivity index (χ4n) is 4.28. The van der Waals surface area contributed by atoms with E-state index in [9.17, 15) is 33.3 Å². The second-order valence-electron chi connectivity index (χ2n) is 9.42. The molecule has 3 N–H and O–H groups in total. The molecule has 0 aromatic heterocycles. The van der Waals surface area contributed by atoms with Crippen LogP contribution in [0.15, 0.2) is 103 Å². The number of nitrogens with one attached hydrogen (secondary N) is 2. The summed E-state index contributed by atoms with van der Waals surface area (Å²) in [7, 11) is -2.63. The molecule has 3 aromatic rings. The number of para-hydroxylation sites is 1. The normalized spacial score (nSPS) is 17.0. The van der Waals surface area contributed by atoms with Crippen LogP contribution in [0.2, 0.25) is 0 Å². The zero-order chi connectivity index (χ0) is 31.1. The van der Waals surface area contributed by atoms with Crippen molar-refractivity contribution in [3.8, 4) is 5.75 Å². The Bertz CT molecular complexity index is 1540. The second kappa shape index (κ2) is 13.6. The summed E-state index contributed by atoms with van der Waals surface area (Å²) >= 11 is 0. The molecule has 1 aliphatic rings. The summed E-state index contributed by atoms with van der Waals surface area (Å²) in [4.78, 5) is 65.7. The average Bonchev–Trinajstić information content (AvgIpc) is 3.02. The van der Waals surface area contributed by atoms with Crippen molar-refractivity contribution in [2.75, 3.05) is 6.61 Å². The third kappa shape index (κ3) is 6.96. The van der Waals surface area contributed by atoms with Gasteiger partial charge in [-0.3, -0.25) is 19.2 Å². The highest BCUT2D eigenvalue weighted by molar-refractivity contribution is 7.84. The first-order valence-corrected chi connectivity index (χ1v) is 14.1. The number of carboxylic acid groups (broad SMARTS) is 1. The predicted molar refractivity (Wildman–Crippen MR) is 155 cm³/mol. The number of hydrogen-bond donors (Lipinski definition) is 3. The number of carboxylic acids is 1. The van der Waals surface area contributed by atoms with Crippen LogP contribution in [0.3, 0.4) is 0 Å². The van der Waals surface area contributed by atoms with Crippen LogP contribution in [-0.4, -0.2) is 72.3 Å². The molecule has 13 heteroatoms. The van der Waals surface area contributed by atoms with Gasteiger partial charge < -0.3 is 20.1 Å². The summed E-state index contributed by atoms with van der Waals surface area (Å²) in [5.41, 5.74) is 2.56. The molecule has 4 unspecified atom stereocenters. The minimum Gasteiger partial charge on any atom is -0.484 e. The van der Waals surface area contributed by atoms with Crippen molar-refractivity contribution in [1.29, 1.82) is 0 Å². The van der Waals surface area contributed by atoms with Gasteiger partial charge in [0.15, 0.2) is 29.0 Å². The summed E-state index contributed by atoms with van der Waals surface area (Å²) in [6, 6.07) is 20.7. The standard InChI is InChI=1S/C30H28N4O8S/c1-19(2)25(30(39)40)33-28(38)24(31-23(35)18-42-22-16-10-5-11-17-22)29(33)43(41)34(27(37)21-14-8-4-9-15-21)32-26(36)20-12-6-3-7-13-20/h3-17,24-25,29H,1,18H2,2H3,(H,31,35)(H,32,36)(H,39,40). The van der Waals surface area contributed by atoms with Gasteiger partial charge in [-0.25, -0.2) is 14.4 Å². The van der Waals surface area contributed by atoms with Gasteiger partial charge in [-0.15, -0.1) is 0 Å². The van der Waals surface area contributed by atoms with E-state index in [1.165, 1.54) is 31.2 Å². The number of hydrogen-bond acceptors (Lipinski definition) is 7. The first-order valence-electron chi connectivity index (χ1n) is 12.9. The molecule has 0 saturated carbocycles. The summed E-state index contributed by atoms with van der Waals surface area (Å²) in [6.07, 6.45) is 0. The SMILES string of the molecule is C=C(C)C(C(=O)O)N1C(=O)C(NC(=O)COc2ccccc2)C1S(=O)N(NC(=O)c1ccccc1)C(=O)c1ccccc1. The van der Waals surface area contributed by atoms with Gasteiger partial charge in [0.2, 0.25) is 0 Å². The minimum atomic E-state index is -2.63. The molecule has 0 aliphatic carbocycles. The van der Waals surface area contributed by atoms with Gasteiger partial charge in [0.1, 0.15) is 11.8 Å². The van der Waals surface area contributed by atoms with Crippen molar-refractivity contribution in [2.45, 2.75) is 24.4 Å². The minimum absolute atomic E-state index is 0.0364. The lowest BCUT2D eigenvalue weighted by molar-refractivity contribution is -0.160. The summed E-state index contributed by atoms with van der Waals surface area (Å²) < 4.78 is 20.1. The molecule has 0 radical (unpaired) electrons. The third-order valence-corrected chi connectivity index (χ3v) is 7.85. The smallest absolute Gasteiger partial charge is 0.330 e. The number of nitrogens with zero attached hydrogens (tertiary/aromatic N) is 2. The van der Waals surface area contributed by atoms with Crippen molar-refractivity contribution >= 4 is 40.6 Å². The fourth-order valence-corrected chi connectivity index (χ4v) is 5.78. The lowest BCUT2D eigenvalue weighted by Gasteiger charge is -2.49. The Morgan fingerprint density at radius 2 is 1.49 bits per heavy atom. The number of likely N-dealkylation sites (tertiary alicyclic amines) is 1. The van der Waals surface area contributed by atoms with Crippen molar-refractivity contribution < 1.29 is 38.0 Å². The molecule has 4 amide bonds. The number of carbonyl (C=O) groups excluding carboxylic acids is 4. The lowest BCUT2D eigenvalue weighted by Crippen LogP contribution is -2.77. The van der Waals surface area contributed by atoms with Crippen LogP contribution in [0.4, 0.5) is 0 Å². The molecular formula is C30H28N4O8S. The van der Waals surface area contributed by atoms with Gasteiger partial charge in [-0.2, -0.15) is 4.41 Å². The highest BCUT2D eigenvalue weighted by atomic mass is 32.2. The number of β-lactam (4-membered cyclic amide) rings is 1. The number of benzene rings is 3. The summed E-state index contributed by atoms with van der Waals surface area (Å²) in [5, 5.41) is 10.7. The molecule has 43 heavy (non-hydrogen) atoms. The number of hydrazine groups is 1. The molecule has 1 fully saturated rings. The van der Waals surface area contributed by atoms with Crippen LogP contribution in [0.1, 0.15) is 27.6 Å². The van der Waals surface area contributed by atoms with Crippen molar-refractivity contribution in [2.24, 2.45) is 0 Å². The molecular weight excluding hydrogens is 576 g/mol. The van der Waals surface area contributed by atoms with E-state index < -0.39 is 64.6 Å². The molecule has 1 aliphatic heterocycles. The molecule has 0 bridgehead atoms. The lowest BCUT2D eigenvalue weighted by atomic mass is 9.99. The number of aliphatic carboxylic acids is 1.